The van der Waals surface area contributed by atoms with Gasteiger partial charge in [-0.15, -0.1) is 10.2 Å². The highest BCUT2D eigenvalue weighted by atomic mass is 79.9. The van der Waals surface area contributed by atoms with Crippen LogP contribution in [0, 0.1) is 0 Å². The SMILES string of the molecule is CCCCc1nnc(SCC(=O)Nc2ccc(Br)cc2)n1C. The minimum absolute atomic E-state index is 0.0505. The molecule has 1 heterocycles. The molecular formula is C15H19BrN4OS. The number of carbonyl (C=O) groups excluding carboxylic acids is 1. The largest absolute Gasteiger partial charge is 0.325 e. The van der Waals surface area contributed by atoms with Gasteiger partial charge >= 0.3 is 0 Å². The number of aromatic nitrogens is 3. The molecule has 1 aromatic carbocycles. The van der Waals surface area contributed by atoms with Gasteiger partial charge in [-0.25, -0.2) is 0 Å². The van der Waals surface area contributed by atoms with Crippen LogP contribution >= 0.6 is 27.7 Å². The van der Waals surface area contributed by atoms with E-state index in [4.69, 9.17) is 0 Å². The summed E-state index contributed by atoms with van der Waals surface area (Å²) in [6.07, 6.45) is 3.15. The van der Waals surface area contributed by atoms with Crippen molar-refractivity contribution in [3.63, 3.8) is 0 Å². The number of nitrogens with zero attached hydrogens (tertiary/aromatic N) is 3. The Morgan fingerprint density at radius 2 is 2.05 bits per heavy atom. The molecule has 0 aliphatic rings. The van der Waals surface area contributed by atoms with Crippen molar-refractivity contribution >= 4 is 39.3 Å². The zero-order valence-corrected chi connectivity index (χ0v) is 15.1. The number of carbonyl (C=O) groups is 1. The van der Waals surface area contributed by atoms with Gasteiger partial charge in [0.25, 0.3) is 0 Å². The molecule has 1 N–H and O–H groups in total. The minimum atomic E-state index is -0.0505. The average molecular weight is 383 g/mol. The van der Waals surface area contributed by atoms with Crippen LogP contribution in [0.1, 0.15) is 25.6 Å². The second-order valence-electron chi connectivity index (χ2n) is 4.91. The Morgan fingerprint density at radius 1 is 1.32 bits per heavy atom. The van der Waals surface area contributed by atoms with E-state index in [2.05, 4.69) is 38.4 Å². The maximum atomic E-state index is 12.0. The molecule has 0 fully saturated rings. The zero-order chi connectivity index (χ0) is 15.9. The van der Waals surface area contributed by atoms with Crippen LogP contribution in [0.25, 0.3) is 0 Å². The molecule has 0 aliphatic carbocycles. The van der Waals surface area contributed by atoms with Gasteiger partial charge < -0.3 is 9.88 Å². The molecule has 0 spiro atoms. The third-order valence-corrected chi connectivity index (χ3v) is 4.69. The number of benzene rings is 1. The lowest BCUT2D eigenvalue weighted by Gasteiger charge is -2.05. The quantitative estimate of drug-likeness (QED) is 0.742. The third-order valence-electron chi connectivity index (χ3n) is 3.14. The first-order valence-electron chi connectivity index (χ1n) is 7.16. The smallest absolute Gasteiger partial charge is 0.234 e. The molecule has 0 aliphatic heterocycles. The molecule has 0 unspecified atom stereocenters. The number of anilines is 1. The summed E-state index contributed by atoms with van der Waals surface area (Å²) in [6.45, 7) is 2.15. The van der Waals surface area contributed by atoms with Crippen LogP contribution in [-0.4, -0.2) is 26.4 Å². The number of nitrogens with one attached hydrogen (secondary N) is 1. The second-order valence-corrected chi connectivity index (χ2v) is 6.76. The summed E-state index contributed by atoms with van der Waals surface area (Å²) < 4.78 is 2.95. The Bertz CT molecular complexity index is 627. The molecule has 118 valence electrons. The Balaban J connectivity index is 1.85. The molecule has 0 bridgehead atoms. The van der Waals surface area contributed by atoms with Gasteiger partial charge in [-0.2, -0.15) is 0 Å². The topological polar surface area (TPSA) is 59.8 Å². The molecule has 0 saturated carbocycles. The van der Waals surface area contributed by atoms with Crippen molar-refractivity contribution in [2.75, 3.05) is 11.1 Å². The number of hydrogen-bond donors (Lipinski definition) is 1. The summed E-state index contributed by atoms with van der Waals surface area (Å²) in [5.74, 6) is 1.23. The van der Waals surface area contributed by atoms with Gasteiger partial charge in [0.15, 0.2) is 5.16 Å². The van der Waals surface area contributed by atoms with Gasteiger partial charge in [-0.3, -0.25) is 4.79 Å². The Morgan fingerprint density at radius 3 is 2.73 bits per heavy atom. The van der Waals surface area contributed by atoms with E-state index in [0.717, 1.165) is 40.4 Å². The Labute approximate surface area is 143 Å². The van der Waals surface area contributed by atoms with Crippen LogP contribution in [0.5, 0.6) is 0 Å². The predicted molar refractivity (Wildman–Crippen MR) is 93.1 cm³/mol. The molecule has 2 aromatic rings. The van der Waals surface area contributed by atoms with Crippen LogP contribution in [0.4, 0.5) is 5.69 Å². The first kappa shape index (κ1) is 17.0. The van der Waals surface area contributed by atoms with Gasteiger partial charge in [0.1, 0.15) is 5.82 Å². The van der Waals surface area contributed by atoms with Crippen LogP contribution in [0.2, 0.25) is 0 Å². The van der Waals surface area contributed by atoms with Gasteiger partial charge in [-0.1, -0.05) is 41.0 Å². The number of hydrogen-bond acceptors (Lipinski definition) is 4. The monoisotopic (exact) mass is 382 g/mol. The van der Waals surface area contributed by atoms with Crippen LogP contribution in [-0.2, 0) is 18.3 Å². The van der Waals surface area contributed by atoms with Crippen molar-refractivity contribution < 1.29 is 4.79 Å². The molecule has 22 heavy (non-hydrogen) atoms. The molecule has 7 heteroatoms. The van der Waals surface area contributed by atoms with Crippen LogP contribution in [0.15, 0.2) is 33.9 Å². The first-order valence-corrected chi connectivity index (χ1v) is 8.94. The lowest BCUT2D eigenvalue weighted by Crippen LogP contribution is -2.14. The van der Waals surface area contributed by atoms with E-state index < -0.39 is 0 Å². The normalized spacial score (nSPS) is 10.7. The summed E-state index contributed by atoms with van der Waals surface area (Å²) in [5, 5.41) is 12.0. The molecule has 5 nitrogen and oxygen atoms in total. The number of thioether (sulfide) groups is 1. The highest BCUT2D eigenvalue weighted by Gasteiger charge is 2.11. The van der Waals surface area contributed by atoms with E-state index in [-0.39, 0.29) is 5.91 Å². The van der Waals surface area contributed by atoms with Crippen molar-refractivity contribution in [3.05, 3.63) is 34.6 Å². The fraction of sp³-hybridized carbons (Fsp3) is 0.400. The van der Waals surface area contributed by atoms with Gasteiger partial charge in [0.05, 0.1) is 5.75 Å². The fourth-order valence-corrected chi connectivity index (χ4v) is 2.88. The van der Waals surface area contributed by atoms with Crippen molar-refractivity contribution in [2.45, 2.75) is 31.3 Å². The summed E-state index contributed by atoms with van der Waals surface area (Å²) in [7, 11) is 1.94. The second kappa shape index (κ2) is 8.33. The maximum absolute atomic E-state index is 12.0. The highest BCUT2D eigenvalue weighted by Crippen LogP contribution is 2.18. The van der Waals surface area contributed by atoms with Crippen molar-refractivity contribution in [1.29, 1.82) is 0 Å². The molecule has 1 amide bonds. The summed E-state index contributed by atoms with van der Waals surface area (Å²) >= 11 is 4.77. The average Bonchev–Trinajstić information content (AvgIpc) is 2.86. The number of amides is 1. The van der Waals surface area contributed by atoms with Crippen LogP contribution in [0.3, 0.4) is 0 Å². The van der Waals surface area contributed by atoms with E-state index in [1.165, 1.54) is 11.8 Å². The molecule has 1 aromatic heterocycles. The molecule has 0 saturated heterocycles. The van der Waals surface area contributed by atoms with Gasteiger partial charge in [0, 0.05) is 23.6 Å². The van der Waals surface area contributed by atoms with Crippen molar-refractivity contribution in [3.8, 4) is 0 Å². The number of aryl methyl sites for hydroxylation is 1. The predicted octanol–water partition coefficient (Wildman–Crippen LogP) is 3.65. The first-order chi connectivity index (χ1) is 10.6. The highest BCUT2D eigenvalue weighted by molar-refractivity contribution is 9.10. The van der Waals surface area contributed by atoms with E-state index >= 15 is 0 Å². The van der Waals surface area contributed by atoms with E-state index in [1.807, 2.05) is 35.9 Å². The molecule has 0 radical (unpaired) electrons. The minimum Gasteiger partial charge on any atom is -0.325 e. The number of rotatable bonds is 7. The van der Waals surface area contributed by atoms with Gasteiger partial charge in [0.2, 0.25) is 5.91 Å². The summed E-state index contributed by atoms with van der Waals surface area (Å²) in [6, 6.07) is 7.51. The molecule has 2 rings (SSSR count). The van der Waals surface area contributed by atoms with Gasteiger partial charge in [-0.05, 0) is 30.7 Å². The third kappa shape index (κ3) is 4.84. The van der Waals surface area contributed by atoms with Crippen molar-refractivity contribution in [1.82, 2.24) is 14.8 Å². The lowest BCUT2D eigenvalue weighted by atomic mass is 10.2. The zero-order valence-electron chi connectivity index (χ0n) is 12.7. The molecule has 0 atom stereocenters. The van der Waals surface area contributed by atoms with Crippen molar-refractivity contribution in [2.24, 2.45) is 7.05 Å². The van der Waals surface area contributed by atoms with E-state index in [0.29, 0.717) is 5.75 Å². The maximum Gasteiger partial charge on any atom is 0.234 e. The summed E-state index contributed by atoms with van der Waals surface area (Å²) in [4.78, 5) is 12.0. The standard InChI is InChI=1S/C15H19BrN4OS/c1-3-4-5-13-18-19-15(20(13)2)22-10-14(21)17-12-8-6-11(16)7-9-12/h6-9H,3-5,10H2,1-2H3,(H,17,21). The fourth-order valence-electron chi connectivity index (χ4n) is 1.88. The number of unbranched alkanes of at least 4 members (excludes halogenated alkanes) is 1. The Kier molecular flexibility index (Phi) is 6.45. The van der Waals surface area contributed by atoms with Crippen LogP contribution < -0.4 is 5.32 Å². The number of halogens is 1. The summed E-state index contributed by atoms with van der Waals surface area (Å²) in [5.41, 5.74) is 0.787. The van der Waals surface area contributed by atoms with E-state index in [1.54, 1.807) is 0 Å². The van der Waals surface area contributed by atoms with E-state index in [9.17, 15) is 4.79 Å². The Hall–Kier alpha value is -1.34. The molecular weight excluding hydrogens is 364 g/mol. The lowest BCUT2D eigenvalue weighted by molar-refractivity contribution is -0.113.